The zero-order chi connectivity index (χ0) is 10.9. The second-order valence-electron chi connectivity index (χ2n) is 4.09. The van der Waals surface area contributed by atoms with Gasteiger partial charge in [0.1, 0.15) is 0 Å². The minimum Gasteiger partial charge on any atom is -0.393 e. The van der Waals surface area contributed by atoms with Gasteiger partial charge in [-0.1, -0.05) is 19.8 Å². The summed E-state index contributed by atoms with van der Waals surface area (Å²) in [6, 6.07) is 0. The maximum atomic E-state index is 9.62. The Bertz CT molecular complexity index is 234. The van der Waals surface area contributed by atoms with Crippen LogP contribution in [0.3, 0.4) is 0 Å². The Morgan fingerprint density at radius 1 is 1.27 bits per heavy atom. The molecule has 0 aliphatic carbocycles. The van der Waals surface area contributed by atoms with Gasteiger partial charge in [0.25, 0.3) is 0 Å². The SMILES string of the molecule is CCCC[C@H](O)CCCCn1ccnc1. The number of aliphatic hydroxyl groups is 1. The number of rotatable bonds is 8. The van der Waals surface area contributed by atoms with Crippen molar-refractivity contribution in [3.63, 3.8) is 0 Å². The molecule has 0 unspecified atom stereocenters. The van der Waals surface area contributed by atoms with Gasteiger partial charge in [0.05, 0.1) is 12.4 Å². The average Bonchev–Trinajstić information content (AvgIpc) is 2.74. The van der Waals surface area contributed by atoms with Gasteiger partial charge in [0.15, 0.2) is 0 Å². The minimum absolute atomic E-state index is 0.0901. The first-order valence-corrected chi connectivity index (χ1v) is 5.96. The van der Waals surface area contributed by atoms with Crippen molar-refractivity contribution in [1.29, 1.82) is 0 Å². The van der Waals surface area contributed by atoms with Gasteiger partial charge in [-0.2, -0.15) is 0 Å². The van der Waals surface area contributed by atoms with Crippen LogP contribution in [-0.4, -0.2) is 20.8 Å². The summed E-state index contributed by atoms with van der Waals surface area (Å²) in [4.78, 5) is 3.99. The Morgan fingerprint density at radius 3 is 2.73 bits per heavy atom. The molecule has 1 aromatic heterocycles. The van der Waals surface area contributed by atoms with E-state index in [4.69, 9.17) is 0 Å². The van der Waals surface area contributed by atoms with E-state index in [9.17, 15) is 5.11 Å². The number of aromatic nitrogens is 2. The minimum atomic E-state index is -0.0901. The van der Waals surface area contributed by atoms with E-state index in [0.717, 1.165) is 38.6 Å². The predicted molar refractivity (Wildman–Crippen MR) is 61.6 cm³/mol. The predicted octanol–water partition coefficient (Wildman–Crippen LogP) is 2.60. The van der Waals surface area contributed by atoms with Crippen LogP contribution in [0.4, 0.5) is 0 Å². The third kappa shape index (κ3) is 5.57. The van der Waals surface area contributed by atoms with E-state index in [0.29, 0.717) is 0 Å². The molecule has 15 heavy (non-hydrogen) atoms. The van der Waals surface area contributed by atoms with E-state index in [1.54, 1.807) is 6.20 Å². The van der Waals surface area contributed by atoms with Crippen molar-refractivity contribution in [2.45, 2.75) is 58.1 Å². The highest BCUT2D eigenvalue weighted by molar-refractivity contribution is 4.73. The molecule has 0 aliphatic rings. The van der Waals surface area contributed by atoms with Crippen molar-refractivity contribution in [3.8, 4) is 0 Å². The summed E-state index contributed by atoms with van der Waals surface area (Å²) in [5, 5.41) is 9.62. The Labute approximate surface area is 92.1 Å². The van der Waals surface area contributed by atoms with E-state index in [1.807, 2.05) is 12.5 Å². The van der Waals surface area contributed by atoms with E-state index < -0.39 is 0 Å². The first-order chi connectivity index (χ1) is 7.33. The normalized spacial score (nSPS) is 12.9. The zero-order valence-corrected chi connectivity index (χ0v) is 9.60. The summed E-state index contributed by atoms with van der Waals surface area (Å²) >= 11 is 0. The van der Waals surface area contributed by atoms with Crippen LogP contribution in [0.1, 0.15) is 45.4 Å². The highest BCUT2D eigenvalue weighted by Crippen LogP contribution is 2.08. The van der Waals surface area contributed by atoms with Gasteiger partial charge in [-0.15, -0.1) is 0 Å². The Balaban J connectivity index is 1.97. The number of hydrogen-bond acceptors (Lipinski definition) is 2. The summed E-state index contributed by atoms with van der Waals surface area (Å²) in [5.41, 5.74) is 0. The van der Waals surface area contributed by atoms with Crippen LogP contribution in [0.2, 0.25) is 0 Å². The lowest BCUT2D eigenvalue weighted by atomic mass is 10.1. The molecule has 1 N–H and O–H groups in total. The number of hydrogen-bond donors (Lipinski definition) is 1. The molecule has 0 radical (unpaired) electrons. The lowest BCUT2D eigenvalue weighted by Gasteiger charge is -2.09. The molecule has 0 aromatic carbocycles. The molecular weight excluding hydrogens is 188 g/mol. The maximum absolute atomic E-state index is 9.62. The molecule has 1 rings (SSSR count). The molecule has 1 heterocycles. The number of unbranched alkanes of at least 4 members (excludes halogenated alkanes) is 2. The van der Waals surface area contributed by atoms with Crippen LogP contribution in [-0.2, 0) is 6.54 Å². The number of imidazole rings is 1. The number of nitrogens with zero attached hydrogens (tertiary/aromatic N) is 2. The molecule has 0 saturated heterocycles. The van der Waals surface area contributed by atoms with Gasteiger partial charge in [0.2, 0.25) is 0 Å². The monoisotopic (exact) mass is 210 g/mol. The highest BCUT2D eigenvalue weighted by atomic mass is 16.3. The molecule has 0 saturated carbocycles. The van der Waals surface area contributed by atoms with Crippen LogP contribution < -0.4 is 0 Å². The van der Waals surface area contributed by atoms with E-state index >= 15 is 0 Å². The molecule has 0 amide bonds. The van der Waals surface area contributed by atoms with Gasteiger partial charge < -0.3 is 9.67 Å². The van der Waals surface area contributed by atoms with Gasteiger partial charge in [-0.05, 0) is 25.7 Å². The summed E-state index contributed by atoms with van der Waals surface area (Å²) in [5.74, 6) is 0. The molecule has 3 heteroatoms. The quantitative estimate of drug-likeness (QED) is 0.670. The first-order valence-electron chi connectivity index (χ1n) is 5.96. The van der Waals surface area contributed by atoms with E-state index in [2.05, 4.69) is 16.5 Å². The highest BCUT2D eigenvalue weighted by Gasteiger charge is 2.02. The summed E-state index contributed by atoms with van der Waals surface area (Å²) in [7, 11) is 0. The molecule has 0 bridgehead atoms. The van der Waals surface area contributed by atoms with Crippen LogP contribution >= 0.6 is 0 Å². The fourth-order valence-corrected chi connectivity index (χ4v) is 1.68. The first kappa shape index (κ1) is 12.2. The third-order valence-corrected chi connectivity index (χ3v) is 2.65. The molecule has 1 aromatic rings. The fourth-order valence-electron chi connectivity index (χ4n) is 1.68. The van der Waals surface area contributed by atoms with Crippen molar-refractivity contribution < 1.29 is 5.11 Å². The Morgan fingerprint density at radius 2 is 2.07 bits per heavy atom. The molecule has 3 nitrogen and oxygen atoms in total. The molecule has 1 atom stereocenters. The maximum Gasteiger partial charge on any atom is 0.0945 e. The van der Waals surface area contributed by atoms with Crippen LogP contribution in [0.5, 0.6) is 0 Å². The summed E-state index contributed by atoms with van der Waals surface area (Å²) in [6.07, 6.45) is 12.0. The smallest absolute Gasteiger partial charge is 0.0945 e. The topological polar surface area (TPSA) is 38.0 Å². The standard InChI is InChI=1S/C12H22N2O/c1-2-3-6-12(15)7-4-5-9-14-10-8-13-11-14/h8,10-12,15H,2-7,9H2,1H3/t12-/m0/s1. The van der Waals surface area contributed by atoms with Crippen molar-refractivity contribution in [3.05, 3.63) is 18.7 Å². The van der Waals surface area contributed by atoms with E-state index in [-0.39, 0.29) is 6.10 Å². The number of aliphatic hydroxyl groups excluding tert-OH is 1. The Hall–Kier alpha value is -0.830. The molecular formula is C12H22N2O. The van der Waals surface area contributed by atoms with Crippen molar-refractivity contribution in [2.75, 3.05) is 0 Å². The van der Waals surface area contributed by atoms with Crippen molar-refractivity contribution >= 4 is 0 Å². The molecule has 0 fully saturated rings. The van der Waals surface area contributed by atoms with E-state index in [1.165, 1.54) is 6.42 Å². The van der Waals surface area contributed by atoms with Crippen LogP contribution in [0.25, 0.3) is 0 Å². The molecule has 86 valence electrons. The van der Waals surface area contributed by atoms with Crippen molar-refractivity contribution in [2.24, 2.45) is 0 Å². The van der Waals surface area contributed by atoms with Crippen LogP contribution in [0.15, 0.2) is 18.7 Å². The zero-order valence-electron chi connectivity index (χ0n) is 9.60. The second-order valence-corrected chi connectivity index (χ2v) is 4.09. The third-order valence-electron chi connectivity index (χ3n) is 2.65. The van der Waals surface area contributed by atoms with Gasteiger partial charge in [0, 0.05) is 18.9 Å². The van der Waals surface area contributed by atoms with Gasteiger partial charge in [-0.3, -0.25) is 0 Å². The average molecular weight is 210 g/mol. The van der Waals surface area contributed by atoms with Gasteiger partial charge >= 0.3 is 0 Å². The fraction of sp³-hybridized carbons (Fsp3) is 0.750. The van der Waals surface area contributed by atoms with Gasteiger partial charge in [-0.25, -0.2) is 4.98 Å². The largest absolute Gasteiger partial charge is 0.393 e. The Kier molecular flexibility index (Phi) is 6.09. The number of aryl methyl sites for hydroxylation is 1. The lowest BCUT2D eigenvalue weighted by molar-refractivity contribution is 0.147. The summed E-state index contributed by atoms with van der Waals surface area (Å²) in [6.45, 7) is 3.17. The summed E-state index contributed by atoms with van der Waals surface area (Å²) < 4.78 is 2.08. The second kappa shape index (κ2) is 7.46. The lowest BCUT2D eigenvalue weighted by Crippen LogP contribution is -2.06. The van der Waals surface area contributed by atoms with Crippen molar-refractivity contribution in [1.82, 2.24) is 9.55 Å². The molecule has 0 aliphatic heterocycles. The van der Waals surface area contributed by atoms with Crippen LogP contribution in [0, 0.1) is 0 Å². The molecule has 0 spiro atoms.